The smallest absolute Gasteiger partial charge is 0.119 e. The summed E-state index contributed by atoms with van der Waals surface area (Å²) in [6, 6.07) is 13.4. The number of piperazine rings is 1. The van der Waals surface area contributed by atoms with Crippen molar-refractivity contribution in [2.75, 3.05) is 33.3 Å². The third-order valence-electron chi connectivity index (χ3n) is 4.44. The molecule has 0 aromatic heterocycles. The third kappa shape index (κ3) is 3.16. The van der Waals surface area contributed by atoms with Gasteiger partial charge in [0.1, 0.15) is 5.75 Å². The molecule has 1 saturated heterocycles. The van der Waals surface area contributed by atoms with Crippen LogP contribution in [0.4, 0.5) is 0 Å². The normalized spacial score (nSPS) is 17.3. The Morgan fingerprint density at radius 3 is 2.64 bits per heavy atom. The number of ether oxygens (including phenoxy) is 1. The van der Waals surface area contributed by atoms with Crippen LogP contribution in [0.5, 0.6) is 5.75 Å². The average molecular weight is 296 g/mol. The van der Waals surface area contributed by atoms with Crippen molar-refractivity contribution in [3.8, 4) is 5.75 Å². The van der Waals surface area contributed by atoms with Crippen molar-refractivity contribution in [1.29, 1.82) is 0 Å². The lowest BCUT2D eigenvalue weighted by Gasteiger charge is -2.35. The van der Waals surface area contributed by atoms with Crippen LogP contribution in [0.15, 0.2) is 49.1 Å². The molecule has 2 aromatic rings. The molecule has 0 bridgehead atoms. The fourth-order valence-corrected chi connectivity index (χ4v) is 3.22. The van der Waals surface area contributed by atoms with Crippen LogP contribution in [0.25, 0.3) is 10.8 Å². The number of nitrogens with zero attached hydrogens (tertiary/aromatic N) is 1. The Kier molecular flexibility index (Phi) is 4.76. The molecule has 1 aliphatic heterocycles. The van der Waals surface area contributed by atoms with Crippen LogP contribution in [0.2, 0.25) is 0 Å². The molecule has 0 unspecified atom stereocenters. The Labute approximate surface area is 132 Å². The van der Waals surface area contributed by atoms with Crippen LogP contribution in [-0.2, 0) is 0 Å². The summed E-state index contributed by atoms with van der Waals surface area (Å²) >= 11 is 0. The second kappa shape index (κ2) is 6.95. The summed E-state index contributed by atoms with van der Waals surface area (Å²) < 4.78 is 5.31. The van der Waals surface area contributed by atoms with E-state index < -0.39 is 0 Å². The molecule has 22 heavy (non-hydrogen) atoms. The van der Waals surface area contributed by atoms with E-state index in [-0.39, 0.29) is 0 Å². The monoisotopic (exact) mass is 296 g/mol. The molecule has 0 aliphatic carbocycles. The van der Waals surface area contributed by atoms with E-state index in [4.69, 9.17) is 4.74 Å². The maximum absolute atomic E-state index is 5.31. The van der Waals surface area contributed by atoms with Gasteiger partial charge in [-0.2, -0.15) is 0 Å². The summed E-state index contributed by atoms with van der Waals surface area (Å²) in [5.74, 6) is 0.907. The van der Waals surface area contributed by atoms with Crippen LogP contribution < -0.4 is 10.1 Å². The molecule has 1 aliphatic rings. The maximum Gasteiger partial charge on any atom is 0.119 e. The standard InChI is InChI=1S/C19H24N2O/c1-3-4-19(21-11-9-20-10-12-21)17-6-5-16-14-18(22-2)8-7-15(16)13-17/h3,5-8,13-14,19-20H,1,4,9-12H2,2H3/t19-/m1/s1. The number of nitrogens with one attached hydrogen (secondary N) is 1. The Hall–Kier alpha value is -1.84. The summed E-state index contributed by atoms with van der Waals surface area (Å²) in [6.45, 7) is 8.28. The van der Waals surface area contributed by atoms with Gasteiger partial charge >= 0.3 is 0 Å². The molecule has 1 atom stereocenters. The number of benzene rings is 2. The van der Waals surface area contributed by atoms with Crippen molar-refractivity contribution in [3.05, 3.63) is 54.6 Å². The molecule has 0 radical (unpaired) electrons. The number of methoxy groups -OCH3 is 1. The lowest BCUT2D eigenvalue weighted by molar-refractivity contribution is 0.174. The largest absolute Gasteiger partial charge is 0.497 e. The summed E-state index contributed by atoms with van der Waals surface area (Å²) in [5.41, 5.74) is 1.37. The highest BCUT2D eigenvalue weighted by atomic mass is 16.5. The van der Waals surface area contributed by atoms with Gasteiger partial charge in [0.2, 0.25) is 0 Å². The quantitative estimate of drug-likeness (QED) is 0.856. The number of hydrogen-bond donors (Lipinski definition) is 1. The van der Waals surface area contributed by atoms with Gasteiger partial charge in [-0.15, -0.1) is 6.58 Å². The topological polar surface area (TPSA) is 24.5 Å². The third-order valence-corrected chi connectivity index (χ3v) is 4.44. The minimum absolute atomic E-state index is 0.422. The number of hydrogen-bond acceptors (Lipinski definition) is 3. The Balaban J connectivity index is 1.92. The van der Waals surface area contributed by atoms with Crippen LogP contribution in [-0.4, -0.2) is 38.2 Å². The molecule has 1 fully saturated rings. The zero-order valence-corrected chi connectivity index (χ0v) is 13.2. The summed E-state index contributed by atoms with van der Waals surface area (Å²) in [7, 11) is 1.71. The van der Waals surface area contributed by atoms with Gasteiger partial charge in [0.15, 0.2) is 0 Å². The minimum atomic E-state index is 0.422. The van der Waals surface area contributed by atoms with Crippen molar-refractivity contribution >= 4 is 10.8 Å². The number of fused-ring (bicyclic) bond motifs is 1. The first kappa shape index (κ1) is 15.1. The van der Waals surface area contributed by atoms with Gasteiger partial charge < -0.3 is 10.1 Å². The van der Waals surface area contributed by atoms with Gasteiger partial charge in [-0.1, -0.05) is 24.3 Å². The van der Waals surface area contributed by atoms with E-state index >= 15 is 0 Å². The van der Waals surface area contributed by atoms with Crippen molar-refractivity contribution in [2.45, 2.75) is 12.5 Å². The van der Waals surface area contributed by atoms with E-state index in [1.165, 1.54) is 16.3 Å². The van der Waals surface area contributed by atoms with Crippen LogP contribution in [0, 0.1) is 0 Å². The molecule has 1 heterocycles. The molecule has 116 valence electrons. The van der Waals surface area contributed by atoms with Crippen molar-refractivity contribution < 1.29 is 4.74 Å². The van der Waals surface area contributed by atoms with E-state index in [0.29, 0.717) is 6.04 Å². The van der Waals surface area contributed by atoms with Gasteiger partial charge in [0, 0.05) is 32.2 Å². The summed E-state index contributed by atoms with van der Waals surface area (Å²) in [4.78, 5) is 2.56. The van der Waals surface area contributed by atoms with Gasteiger partial charge in [-0.25, -0.2) is 0 Å². The molecule has 3 rings (SSSR count). The Bertz CT molecular complexity index is 647. The zero-order chi connectivity index (χ0) is 15.4. The van der Waals surface area contributed by atoms with E-state index in [1.54, 1.807) is 7.11 Å². The van der Waals surface area contributed by atoms with Crippen LogP contribution >= 0.6 is 0 Å². The molecule has 0 saturated carbocycles. The van der Waals surface area contributed by atoms with Crippen LogP contribution in [0.1, 0.15) is 18.0 Å². The lowest BCUT2D eigenvalue weighted by Crippen LogP contribution is -2.45. The molecule has 1 N–H and O–H groups in total. The first-order chi connectivity index (χ1) is 10.8. The predicted molar refractivity (Wildman–Crippen MR) is 92.5 cm³/mol. The fraction of sp³-hybridized carbons (Fsp3) is 0.368. The lowest BCUT2D eigenvalue weighted by atomic mass is 9.98. The zero-order valence-electron chi connectivity index (χ0n) is 13.2. The van der Waals surface area contributed by atoms with Gasteiger partial charge in [-0.3, -0.25) is 4.90 Å². The predicted octanol–water partition coefficient (Wildman–Crippen LogP) is 3.37. The second-order valence-electron chi connectivity index (χ2n) is 5.80. The molecule has 0 spiro atoms. The molecular weight excluding hydrogens is 272 g/mol. The van der Waals surface area contributed by atoms with Crippen molar-refractivity contribution in [3.63, 3.8) is 0 Å². The highest BCUT2D eigenvalue weighted by molar-refractivity contribution is 5.84. The van der Waals surface area contributed by atoms with E-state index in [9.17, 15) is 0 Å². The number of rotatable bonds is 5. The first-order valence-electron chi connectivity index (χ1n) is 7.95. The van der Waals surface area contributed by atoms with E-state index in [0.717, 1.165) is 38.3 Å². The highest BCUT2D eigenvalue weighted by Gasteiger charge is 2.21. The molecule has 3 heteroatoms. The first-order valence-corrected chi connectivity index (χ1v) is 7.95. The van der Waals surface area contributed by atoms with E-state index in [1.807, 2.05) is 12.1 Å². The summed E-state index contributed by atoms with van der Waals surface area (Å²) in [6.07, 6.45) is 3.02. The van der Waals surface area contributed by atoms with Gasteiger partial charge in [0.05, 0.1) is 7.11 Å². The molecule has 3 nitrogen and oxygen atoms in total. The Morgan fingerprint density at radius 1 is 1.18 bits per heavy atom. The fourth-order valence-electron chi connectivity index (χ4n) is 3.22. The van der Waals surface area contributed by atoms with E-state index in [2.05, 4.69) is 47.1 Å². The maximum atomic E-state index is 5.31. The van der Waals surface area contributed by atoms with Gasteiger partial charge in [-0.05, 0) is 41.0 Å². The SMILES string of the molecule is C=CC[C@H](c1ccc2cc(OC)ccc2c1)N1CCNCC1. The van der Waals surface area contributed by atoms with Crippen LogP contribution in [0.3, 0.4) is 0 Å². The minimum Gasteiger partial charge on any atom is -0.497 e. The molecular formula is C19H24N2O. The van der Waals surface area contributed by atoms with Crippen molar-refractivity contribution in [1.82, 2.24) is 10.2 Å². The second-order valence-corrected chi connectivity index (χ2v) is 5.80. The summed E-state index contributed by atoms with van der Waals surface area (Å²) in [5, 5.41) is 5.91. The van der Waals surface area contributed by atoms with Crippen molar-refractivity contribution in [2.24, 2.45) is 0 Å². The molecule has 0 amide bonds. The highest BCUT2D eigenvalue weighted by Crippen LogP contribution is 2.29. The van der Waals surface area contributed by atoms with Gasteiger partial charge in [0.25, 0.3) is 0 Å². The Morgan fingerprint density at radius 2 is 1.91 bits per heavy atom. The average Bonchev–Trinajstić information content (AvgIpc) is 2.59. The molecule has 2 aromatic carbocycles.